The summed E-state index contributed by atoms with van der Waals surface area (Å²) in [5.74, 6) is -53.7. The number of alkyl halides is 17. The van der Waals surface area contributed by atoms with Gasteiger partial charge in [0.05, 0.1) is 25.2 Å². The maximum absolute atomic E-state index is 14.1. The Morgan fingerprint density at radius 3 is 1.47 bits per heavy atom. The lowest BCUT2D eigenvalue weighted by molar-refractivity contribution is -0.461. The Labute approximate surface area is 340 Å². The van der Waals surface area contributed by atoms with Crippen LogP contribution >= 0.6 is 0 Å². The molecule has 0 bridgehead atoms. The fourth-order valence-electron chi connectivity index (χ4n) is 4.77. The second kappa shape index (κ2) is 18.9. The van der Waals surface area contributed by atoms with E-state index in [0.29, 0.717) is 23.5 Å². The molecule has 0 saturated heterocycles. The molecule has 6 nitrogen and oxygen atoms in total. The molecule has 3 aromatic rings. The largest absolute Gasteiger partial charge is 0.494 e. The number of ether oxygens (including phenoxy) is 4. The minimum Gasteiger partial charge on any atom is -0.494 e. The summed E-state index contributed by atoms with van der Waals surface area (Å²) in [5.41, 5.74) is 1.37. The van der Waals surface area contributed by atoms with Gasteiger partial charge in [-0.15, -0.1) is 0 Å². The second-order valence-electron chi connectivity index (χ2n) is 13.1. The SMILES string of the molecule is CCCCCOc1ccc(C#Cc2ccc(C(=O)Oc3ccc(O[C@@H](C)C(=O)OCCC(F)(F)C(F)(F)C(F)(F)C(F)(F)C(F)(F)C(F)(F)C(F)(F)C(F)(F)F)cc3)cc2)cc1. The van der Waals surface area contributed by atoms with Gasteiger partial charge in [0.25, 0.3) is 0 Å². The standard InChI is InChI=1S/C39H31F17O6/c1-3-4-5-21-59-27-14-10-25(11-15-27)7-6-24-8-12-26(13-9-24)31(58)62-29-18-16-28(17-19-29)61-23(2)30(57)60-22-20-32(40,41)33(42,43)34(44,45)35(46,47)36(48,49)37(50,51)38(52,53)39(54,55)56/h8-19,23H,3-5,20-22H2,1-2H3/t23-/m0/s1. The minimum absolute atomic E-state index is 0.0830. The summed E-state index contributed by atoms with van der Waals surface area (Å²) in [6, 6.07) is 17.5. The normalized spacial score (nSPS) is 13.7. The van der Waals surface area contributed by atoms with Gasteiger partial charge in [0.1, 0.15) is 17.2 Å². The summed E-state index contributed by atoms with van der Waals surface area (Å²) in [6.45, 7) is 1.40. The van der Waals surface area contributed by atoms with Gasteiger partial charge in [0, 0.05) is 11.1 Å². The molecule has 62 heavy (non-hydrogen) atoms. The average molecular weight is 919 g/mol. The highest BCUT2D eigenvalue weighted by Gasteiger charge is 2.95. The van der Waals surface area contributed by atoms with Crippen LogP contribution in [0.25, 0.3) is 0 Å². The van der Waals surface area contributed by atoms with Gasteiger partial charge in [-0.1, -0.05) is 31.6 Å². The third-order valence-electron chi connectivity index (χ3n) is 8.47. The maximum atomic E-state index is 14.1. The van der Waals surface area contributed by atoms with Gasteiger partial charge >= 0.3 is 59.6 Å². The van der Waals surface area contributed by atoms with Crippen molar-refractivity contribution in [3.05, 3.63) is 89.5 Å². The van der Waals surface area contributed by atoms with Crippen molar-refractivity contribution < 1.29 is 103 Å². The zero-order valence-corrected chi connectivity index (χ0v) is 31.6. The van der Waals surface area contributed by atoms with E-state index in [2.05, 4.69) is 23.5 Å². The number of rotatable bonds is 19. The highest BCUT2D eigenvalue weighted by atomic mass is 19.4. The Kier molecular flexibility index (Phi) is 15.5. The Balaban J connectivity index is 1.55. The quantitative estimate of drug-likeness (QED) is 0.0392. The summed E-state index contributed by atoms with van der Waals surface area (Å²) in [5, 5.41) is 0. The molecule has 23 heteroatoms. The minimum atomic E-state index is -8.75. The Hall–Kier alpha value is -5.43. The first-order chi connectivity index (χ1) is 28.4. The molecule has 0 aliphatic carbocycles. The monoisotopic (exact) mass is 918 g/mol. The van der Waals surface area contributed by atoms with E-state index in [1.165, 1.54) is 12.1 Å². The highest BCUT2D eigenvalue weighted by Crippen LogP contribution is 2.64. The summed E-state index contributed by atoms with van der Waals surface area (Å²) in [4.78, 5) is 24.8. The average Bonchev–Trinajstić information content (AvgIpc) is 3.19. The van der Waals surface area contributed by atoms with Crippen molar-refractivity contribution in [2.24, 2.45) is 0 Å². The molecule has 3 rings (SSSR count). The van der Waals surface area contributed by atoms with Gasteiger partial charge in [-0.05, 0) is 86.1 Å². The molecular weight excluding hydrogens is 887 g/mol. The van der Waals surface area contributed by atoms with Gasteiger partial charge in [-0.3, -0.25) is 0 Å². The van der Waals surface area contributed by atoms with E-state index in [4.69, 9.17) is 14.2 Å². The number of unbranched alkanes of at least 4 members (excludes halogenated alkanes) is 2. The molecule has 0 saturated carbocycles. The van der Waals surface area contributed by atoms with Crippen LogP contribution in [0.4, 0.5) is 74.6 Å². The fourth-order valence-corrected chi connectivity index (χ4v) is 4.77. The zero-order chi connectivity index (χ0) is 47.2. The summed E-state index contributed by atoms with van der Waals surface area (Å²) >= 11 is 0. The predicted molar refractivity (Wildman–Crippen MR) is 182 cm³/mol. The smallest absolute Gasteiger partial charge is 0.460 e. The molecule has 0 spiro atoms. The number of carbonyl (C=O) groups is 2. The molecule has 0 heterocycles. The van der Waals surface area contributed by atoms with Gasteiger partial charge in [-0.2, -0.15) is 74.6 Å². The number of hydrogen-bond acceptors (Lipinski definition) is 6. The van der Waals surface area contributed by atoms with Crippen LogP contribution in [0.3, 0.4) is 0 Å². The van der Waals surface area contributed by atoms with E-state index in [0.717, 1.165) is 50.5 Å². The van der Waals surface area contributed by atoms with Crippen molar-refractivity contribution in [2.75, 3.05) is 13.2 Å². The fraction of sp³-hybridized carbons (Fsp3) is 0.436. The van der Waals surface area contributed by atoms with E-state index < -0.39 is 78.7 Å². The van der Waals surface area contributed by atoms with Crippen molar-refractivity contribution >= 4 is 11.9 Å². The maximum Gasteiger partial charge on any atom is 0.460 e. The number of hydrogen-bond donors (Lipinski definition) is 0. The number of esters is 2. The molecule has 0 unspecified atom stereocenters. The Morgan fingerprint density at radius 2 is 0.984 bits per heavy atom. The van der Waals surface area contributed by atoms with E-state index in [-0.39, 0.29) is 17.1 Å². The van der Waals surface area contributed by atoms with Crippen LogP contribution in [-0.2, 0) is 9.53 Å². The van der Waals surface area contributed by atoms with Crippen LogP contribution in [-0.4, -0.2) is 78.9 Å². The first-order valence-electron chi connectivity index (χ1n) is 17.6. The van der Waals surface area contributed by atoms with Gasteiger partial charge in [0.15, 0.2) is 6.10 Å². The molecule has 0 aliphatic heterocycles. The van der Waals surface area contributed by atoms with E-state index in [1.54, 1.807) is 36.4 Å². The molecule has 342 valence electrons. The molecule has 0 amide bonds. The Bertz CT molecular complexity index is 2040. The van der Waals surface area contributed by atoms with Crippen LogP contribution in [0.5, 0.6) is 17.2 Å². The lowest BCUT2D eigenvalue weighted by Gasteiger charge is -2.42. The van der Waals surface area contributed by atoms with Crippen LogP contribution in [0.15, 0.2) is 72.8 Å². The third-order valence-corrected chi connectivity index (χ3v) is 8.47. The van der Waals surface area contributed by atoms with E-state index in [1.807, 2.05) is 0 Å². The molecule has 0 fully saturated rings. The number of carbonyl (C=O) groups excluding carboxylic acids is 2. The van der Waals surface area contributed by atoms with E-state index in [9.17, 15) is 84.2 Å². The zero-order valence-electron chi connectivity index (χ0n) is 31.6. The molecule has 0 radical (unpaired) electrons. The molecule has 0 aliphatic rings. The van der Waals surface area contributed by atoms with Gasteiger partial charge in [-0.25, -0.2) is 9.59 Å². The van der Waals surface area contributed by atoms with E-state index >= 15 is 0 Å². The topological polar surface area (TPSA) is 71.1 Å². The van der Waals surface area contributed by atoms with Crippen molar-refractivity contribution in [1.82, 2.24) is 0 Å². The lowest BCUT2D eigenvalue weighted by Crippen LogP contribution is -2.74. The number of halogens is 17. The summed E-state index contributed by atoms with van der Waals surface area (Å²) in [6.07, 6.45) is -9.61. The Morgan fingerprint density at radius 1 is 0.548 bits per heavy atom. The highest BCUT2D eigenvalue weighted by molar-refractivity contribution is 5.91. The molecule has 0 N–H and O–H groups in total. The van der Waals surface area contributed by atoms with Crippen LogP contribution < -0.4 is 14.2 Å². The van der Waals surface area contributed by atoms with Crippen molar-refractivity contribution in [2.45, 2.75) is 93.3 Å². The van der Waals surface area contributed by atoms with Crippen molar-refractivity contribution in [3.8, 4) is 29.1 Å². The first-order valence-corrected chi connectivity index (χ1v) is 17.6. The molecule has 3 aromatic carbocycles. The van der Waals surface area contributed by atoms with Crippen LogP contribution in [0.1, 0.15) is 61.0 Å². The number of benzene rings is 3. The lowest BCUT2D eigenvalue weighted by atomic mass is 9.88. The molecule has 0 aromatic heterocycles. The third kappa shape index (κ3) is 10.6. The molecular formula is C39H31F17O6. The van der Waals surface area contributed by atoms with Gasteiger partial charge in [0.2, 0.25) is 0 Å². The van der Waals surface area contributed by atoms with Crippen LogP contribution in [0, 0.1) is 11.8 Å². The first kappa shape index (κ1) is 50.9. The molecule has 1 atom stereocenters. The predicted octanol–water partition coefficient (Wildman–Crippen LogP) is 11.6. The van der Waals surface area contributed by atoms with Gasteiger partial charge < -0.3 is 18.9 Å². The summed E-state index contributed by atoms with van der Waals surface area (Å²) in [7, 11) is 0. The summed E-state index contributed by atoms with van der Waals surface area (Å²) < 4.78 is 249. The van der Waals surface area contributed by atoms with Crippen molar-refractivity contribution in [1.29, 1.82) is 0 Å². The second-order valence-corrected chi connectivity index (χ2v) is 13.1. The van der Waals surface area contributed by atoms with Crippen LogP contribution in [0.2, 0.25) is 0 Å². The van der Waals surface area contributed by atoms with Crippen molar-refractivity contribution in [3.63, 3.8) is 0 Å².